The number of carbonyl (C=O) groups excluding carboxylic acids is 1. The first-order valence-electron chi connectivity index (χ1n) is 11.6. The predicted octanol–water partition coefficient (Wildman–Crippen LogP) is 5.71. The van der Waals surface area contributed by atoms with Crippen LogP contribution in [0.25, 0.3) is 0 Å². The fraction of sp³-hybridized carbons (Fsp3) is 0.520. The maximum absolute atomic E-state index is 14.2. The molecule has 1 aromatic carbocycles. The number of nitrogens with zero attached hydrogens (tertiary/aromatic N) is 3. The average Bonchev–Trinajstić information content (AvgIpc) is 2.85. The van der Waals surface area contributed by atoms with Crippen LogP contribution in [0.1, 0.15) is 60.6 Å². The Morgan fingerprint density at radius 3 is 2.52 bits per heavy atom. The summed E-state index contributed by atoms with van der Waals surface area (Å²) in [6.07, 6.45) is 5.14. The first-order valence-corrected chi connectivity index (χ1v) is 12.8. The number of benzene rings is 1. The zero-order valence-corrected chi connectivity index (χ0v) is 21.7. The molecule has 1 aliphatic rings. The zero-order valence-electron chi connectivity index (χ0n) is 20.1. The Bertz CT molecular complexity index is 906. The summed E-state index contributed by atoms with van der Waals surface area (Å²) >= 11 is 9.36. The first-order chi connectivity index (χ1) is 16.0. The van der Waals surface area contributed by atoms with Gasteiger partial charge >= 0.3 is 0 Å². The van der Waals surface area contributed by atoms with E-state index < -0.39 is 5.82 Å². The minimum atomic E-state index is -0.644. The quantitative estimate of drug-likeness (QED) is 0.461. The number of halogens is 2. The molecular weight excluding hydrogens is 459 g/mol. The molecule has 182 valence electrons. The minimum absolute atomic E-state index is 0.0239. The van der Waals surface area contributed by atoms with Crippen LogP contribution in [-0.4, -0.2) is 60.2 Å². The number of carbonyl (C=O) groups is 1. The fourth-order valence-electron chi connectivity index (χ4n) is 4.19. The summed E-state index contributed by atoms with van der Waals surface area (Å²) in [5, 5.41) is 3.16. The Morgan fingerprint density at radius 2 is 1.91 bits per heavy atom. The van der Waals surface area contributed by atoms with Gasteiger partial charge in [-0.15, -0.1) is 0 Å². The lowest BCUT2D eigenvalue weighted by atomic mass is 9.92. The van der Waals surface area contributed by atoms with E-state index in [2.05, 4.69) is 48.8 Å². The van der Waals surface area contributed by atoms with E-state index >= 15 is 0 Å². The standard InChI is InChI=1S/C24H32ClFN4O.CH4S/c1-4-7-17(5-2)18-14-19(28-22(15-18)27-3)16-29-10-12-30(13-11-29)24(31)20-8-6-9-21(25)23(20)26;1-2/h6,8-9,14-15,17H,4-5,7,10-13,16H2,1-3H3,(H,27,28);2H,1H3. The van der Waals surface area contributed by atoms with Crippen molar-refractivity contribution in [3.05, 3.63) is 58.0 Å². The second-order valence-electron chi connectivity index (χ2n) is 8.09. The molecule has 5 nitrogen and oxygen atoms in total. The smallest absolute Gasteiger partial charge is 0.256 e. The molecule has 1 saturated heterocycles. The molecule has 0 radical (unpaired) electrons. The lowest BCUT2D eigenvalue weighted by molar-refractivity contribution is 0.0622. The van der Waals surface area contributed by atoms with Gasteiger partial charge in [0, 0.05) is 39.8 Å². The van der Waals surface area contributed by atoms with Gasteiger partial charge in [-0.2, -0.15) is 12.6 Å². The zero-order chi connectivity index (χ0) is 24.4. The van der Waals surface area contributed by atoms with Crippen molar-refractivity contribution < 1.29 is 9.18 Å². The number of rotatable bonds is 8. The van der Waals surface area contributed by atoms with Crippen LogP contribution in [-0.2, 0) is 6.54 Å². The number of amides is 1. The molecule has 1 N–H and O–H groups in total. The molecule has 2 heterocycles. The summed E-state index contributed by atoms with van der Waals surface area (Å²) in [5.74, 6) is 0.491. The van der Waals surface area contributed by atoms with E-state index in [-0.39, 0.29) is 16.5 Å². The number of pyridine rings is 1. The van der Waals surface area contributed by atoms with Gasteiger partial charge in [0.1, 0.15) is 5.82 Å². The van der Waals surface area contributed by atoms with Crippen molar-refractivity contribution in [2.75, 3.05) is 44.8 Å². The third-order valence-electron chi connectivity index (χ3n) is 5.99. The number of piperazine rings is 1. The number of thiol groups is 1. The molecule has 1 aromatic heterocycles. The Morgan fingerprint density at radius 1 is 1.21 bits per heavy atom. The molecular formula is C25H36ClFN4OS. The highest BCUT2D eigenvalue weighted by Crippen LogP contribution is 2.27. The van der Waals surface area contributed by atoms with Crippen molar-refractivity contribution in [1.82, 2.24) is 14.8 Å². The molecule has 2 aromatic rings. The molecule has 0 spiro atoms. The van der Waals surface area contributed by atoms with Crippen LogP contribution in [0, 0.1) is 5.82 Å². The maximum Gasteiger partial charge on any atom is 0.256 e. The number of aromatic nitrogens is 1. The molecule has 0 saturated carbocycles. The van der Waals surface area contributed by atoms with E-state index in [1.807, 2.05) is 7.05 Å². The number of hydrogen-bond acceptors (Lipinski definition) is 5. The topological polar surface area (TPSA) is 48.5 Å². The number of anilines is 1. The van der Waals surface area contributed by atoms with Crippen LogP contribution >= 0.6 is 24.2 Å². The molecule has 1 aliphatic heterocycles. The molecule has 1 unspecified atom stereocenters. The Kier molecular flexibility index (Phi) is 11.4. The van der Waals surface area contributed by atoms with Gasteiger partial charge < -0.3 is 10.2 Å². The van der Waals surface area contributed by atoms with Crippen molar-refractivity contribution in [3.63, 3.8) is 0 Å². The van der Waals surface area contributed by atoms with Crippen LogP contribution in [0.3, 0.4) is 0 Å². The second-order valence-corrected chi connectivity index (χ2v) is 8.50. The van der Waals surface area contributed by atoms with Crippen molar-refractivity contribution in [2.24, 2.45) is 0 Å². The lowest BCUT2D eigenvalue weighted by Gasteiger charge is -2.34. The van der Waals surface area contributed by atoms with Gasteiger partial charge in [-0.3, -0.25) is 9.69 Å². The Labute approximate surface area is 208 Å². The number of nitrogens with one attached hydrogen (secondary N) is 1. The highest BCUT2D eigenvalue weighted by molar-refractivity contribution is 7.79. The third-order valence-corrected chi connectivity index (χ3v) is 6.28. The van der Waals surface area contributed by atoms with Crippen molar-refractivity contribution >= 4 is 36.0 Å². The molecule has 0 aliphatic carbocycles. The van der Waals surface area contributed by atoms with Crippen LogP contribution in [0.2, 0.25) is 5.02 Å². The fourth-order valence-corrected chi connectivity index (χ4v) is 4.36. The summed E-state index contributed by atoms with van der Waals surface area (Å²) < 4.78 is 14.2. The van der Waals surface area contributed by atoms with Gasteiger partial charge in [0.05, 0.1) is 16.3 Å². The first kappa shape index (κ1) is 27.4. The molecule has 0 bridgehead atoms. The van der Waals surface area contributed by atoms with E-state index in [0.717, 1.165) is 44.0 Å². The van der Waals surface area contributed by atoms with Gasteiger partial charge in [-0.05, 0) is 54.8 Å². The number of hydrogen-bond donors (Lipinski definition) is 2. The van der Waals surface area contributed by atoms with Gasteiger partial charge in [0.25, 0.3) is 5.91 Å². The van der Waals surface area contributed by atoms with E-state index in [1.165, 1.54) is 24.1 Å². The second kappa shape index (κ2) is 13.8. The molecule has 8 heteroatoms. The summed E-state index contributed by atoms with van der Waals surface area (Å²) in [7, 11) is 1.90. The van der Waals surface area contributed by atoms with E-state index in [0.29, 0.717) is 19.0 Å². The van der Waals surface area contributed by atoms with Gasteiger partial charge in [-0.25, -0.2) is 9.37 Å². The molecule has 3 rings (SSSR count). The highest BCUT2D eigenvalue weighted by Gasteiger charge is 2.25. The van der Waals surface area contributed by atoms with Gasteiger partial charge in [-0.1, -0.05) is 37.9 Å². The van der Waals surface area contributed by atoms with Crippen LogP contribution < -0.4 is 5.32 Å². The molecule has 1 amide bonds. The van der Waals surface area contributed by atoms with Crippen molar-refractivity contribution in [1.29, 1.82) is 0 Å². The molecule has 33 heavy (non-hydrogen) atoms. The van der Waals surface area contributed by atoms with Crippen molar-refractivity contribution in [2.45, 2.75) is 45.6 Å². The molecule has 1 atom stereocenters. The largest absolute Gasteiger partial charge is 0.373 e. The molecule has 1 fully saturated rings. The normalized spacial score (nSPS) is 14.9. The average molecular weight is 495 g/mol. The van der Waals surface area contributed by atoms with Crippen LogP contribution in [0.15, 0.2) is 30.3 Å². The monoisotopic (exact) mass is 494 g/mol. The lowest BCUT2D eigenvalue weighted by Crippen LogP contribution is -2.48. The Hall–Kier alpha value is -1.83. The predicted molar refractivity (Wildman–Crippen MR) is 139 cm³/mol. The van der Waals surface area contributed by atoms with E-state index in [1.54, 1.807) is 17.2 Å². The highest BCUT2D eigenvalue weighted by atomic mass is 35.5. The Balaban J connectivity index is 0.00000187. The summed E-state index contributed by atoms with van der Waals surface area (Å²) in [4.78, 5) is 21.5. The SMILES string of the molecule is CCCC(CC)c1cc(CN2CCN(C(=O)c3cccc(Cl)c3F)CC2)nc(NC)c1.CS. The minimum Gasteiger partial charge on any atom is -0.373 e. The summed E-state index contributed by atoms with van der Waals surface area (Å²) in [5.41, 5.74) is 2.41. The van der Waals surface area contributed by atoms with Gasteiger partial charge in [0.2, 0.25) is 0 Å². The summed E-state index contributed by atoms with van der Waals surface area (Å²) in [6, 6.07) is 8.93. The van der Waals surface area contributed by atoms with Crippen LogP contribution in [0.4, 0.5) is 10.2 Å². The third kappa shape index (κ3) is 7.33. The van der Waals surface area contributed by atoms with Crippen LogP contribution in [0.5, 0.6) is 0 Å². The van der Waals surface area contributed by atoms with Crippen molar-refractivity contribution in [3.8, 4) is 0 Å². The van der Waals surface area contributed by atoms with E-state index in [4.69, 9.17) is 16.6 Å². The van der Waals surface area contributed by atoms with E-state index in [9.17, 15) is 9.18 Å². The maximum atomic E-state index is 14.2. The summed E-state index contributed by atoms with van der Waals surface area (Å²) in [6.45, 7) is 7.74. The van der Waals surface area contributed by atoms with Gasteiger partial charge in [0.15, 0.2) is 5.82 Å².